The summed E-state index contributed by atoms with van der Waals surface area (Å²) in [5.41, 5.74) is 1.86. The van der Waals surface area contributed by atoms with Crippen LogP contribution >= 0.6 is 0 Å². The van der Waals surface area contributed by atoms with Gasteiger partial charge in [0.2, 0.25) is 0 Å². The molecule has 0 aliphatic heterocycles. The number of anilines is 1. The molecule has 1 aromatic heterocycles. The summed E-state index contributed by atoms with van der Waals surface area (Å²) in [7, 11) is 0. The minimum Gasteiger partial charge on any atom is -0.507 e. The SMILES string of the molecule is CCCN(CC)c1nc(-c2ccccc2O)n(CCc2cccc(F)c2)c(=O)c1CC. The van der Waals surface area contributed by atoms with Gasteiger partial charge in [-0.05, 0) is 56.0 Å². The third-order valence-corrected chi connectivity index (χ3v) is 5.43. The number of nitrogens with zero attached hydrogens (tertiary/aromatic N) is 3. The van der Waals surface area contributed by atoms with Crippen LogP contribution in [0, 0.1) is 5.82 Å². The average molecular weight is 424 g/mol. The molecular weight excluding hydrogens is 393 g/mol. The van der Waals surface area contributed by atoms with Gasteiger partial charge in [-0.25, -0.2) is 9.37 Å². The Balaban J connectivity index is 2.17. The fourth-order valence-corrected chi connectivity index (χ4v) is 3.85. The number of phenols is 1. The van der Waals surface area contributed by atoms with E-state index >= 15 is 0 Å². The summed E-state index contributed by atoms with van der Waals surface area (Å²) in [6, 6.07) is 13.3. The predicted octanol–water partition coefficient (Wildman–Crippen LogP) is 4.80. The molecule has 0 spiro atoms. The van der Waals surface area contributed by atoms with E-state index in [0.29, 0.717) is 42.2 Å². The van der Waals surface area contributed by atoms with Crippen molar-refractivity contribution < 1.29 is 9.50 Å². The number of hydrogen-bond acceptors (Lipinski definition) is 4. The normalized spacial score (nSPS) is 11.0. The lowest BCUT2D eigenvalue weighted by atomic mass is 10.1. The maximum atomic E-state index is 13.6. The monoisotopic (exact) mass is 423 g/mol. The molecule has 0 saturated carbocycles. The van der Waals surface area contributed by atoms with E-state index in [1.807, 2.05) is 26.0 Å². The van der Waals surface area contributed by atoms with Crippen molar-refractivity contribution in [1.29, 1.82) is 0 Å². The zero-order valence-electron chi connectivity index (χ0n) is 18.4. The molecule has 1 heterocycles. The van der Waals surface area contributed by atoms with Crippen molar-refractivity contribution in [2.45, 2.75) is 46.6 Å². The van der Waals surface area contributed by atoms with Crippen molar-refractivity contribution in [3.63, 3.8) is 0 Å². The van der Waals surface area contributed by atoms with Crippen LogP contribution in [-0.2, 0) is 19.4 Å². The Morgan fingerprint density at radius 3 is 2.52 bits per heavy atom. The van der Waals surface area contributed by atoms with Crippen LogP contribution in [0.2, 0.25) is 0 Å². The smallest absolute Gasteiger partial charge is 0.259 e. The summed E-state index contributed by atoms with van der Waals surface area (Å²) in [6.45, 7) is 7.97. The second-order valence-electron chi connectivity index (χ2n) is 7.52. The van der Waals surface area contributed by atoms with Crippen LogP contribution < -0.4 is 10.5 Å². The van der Waals surface area contributed by atoms with Crippen molar-refractivity contribution in [3.8, 4) is 17.1 Å². The molecule has 0 aliphatic carbocycles. The summed E-state index contributed by atoms with van der Waals surface area (Å²) in [5, 5.41) is 10.5. The number of halogens is 1. The molecule has 6 heteroatoms. The molecule has 3 aromatic rings. The van der Waals surface area contributed by atoms with Crippen LogP contribution in [0.5, 0.6) is 5.75 Å². The second-order valence-corrected chi connectivity index (χ2v) is 7.52. The zero-order valence-corrected chi connectivity index (χ0v) is 18.4. The number of aromatic hydroxyl groups is 1. The van der Waals surface area contributed by atoms with Crippen LogP contribution in [0.3, 0.4) is 0 Å². The summed E-state index contributed by atoms with van der Waals surface area (Å²) >= 11 is 0. The van der Waals surface area contributed by atoms with Crippen molar-refractivity contribution in [2.24, 2.45) is 0 Å². The largest absolute Gasteiger partial charge is 0.507 e. The Morgan fingerprint density at radius 2 is 1.87 bits per heavy atom. The van der Waals surface area contributed by atoms with Gasteiger partial charge in [0.05, 0.1) is 11.1 Å². The first kappa shape index (κ1) is 22.5. The quantitative estimate of drug-likeness (QED) is 0.537. The van der Waals surface area contributed by atoms with E-state index < -0.39 is 0 Å². The van der Waals surface area contributed by atoms with Gasteiger partial charge in [0.1, 0.15) is 23.2 Å². The van der Waals surface area contributed by atoms with E-state index in [1.54, 1.807) is 28.8 Å². The van der Waals surface area contributed by atoms with Crippen LogP contribution in [-0.4, -0.2) is 27.7 Å². The second kappa shape index (κ2) is 10.2. The Morgan fingerprint density at radius 1 is 1.10 bits per heavy atom. The fraction of sp³-hybridized carbons (Fsp3) is 0.360. The number of hydrogen-bond donors (Lipinski definition) is 1. The first-order valence-electron chi connectivity index (χ1n) is 10.9. The van der Waals surface area contributed by atoms with E-state index in [1.165, 1.54) is 12.1 Å². The number of rotatable bonds is 9. The zero-order chi connectivity index (χ0) is 22.4. The molecule has 0 bridgehead atoms. The van der Waals surface area contributed by atoms with Gasteiger partial charge in [-0.3, -0.25) is 9.36 Å². The highest BCUT2D eigenvalue weighted by Gasteiger charge is 2.21. The molecule has 0 radical (unpaired) electrons. The van der Waals surface area contributed by atoms with Gasteiger partial charge in [0.15, 0.2) is 0 Å². The number of aryl methyl sites for hydroxylation is 1. The molecule has 164 valence electrons. The number of benzene rings is 2. The maximum absolute atomic E-state index is 13.6. The molecule has 2 aromatic carbocycles. The minimum atomic E-state index is -0.299. The van der Waals surface area contributed by atoms with E-state index in [4.69, 9.17) is 4.98 Å². The third kappa shape index (κ3) is 4.95. The molecule has 0 fully saturated rings. The number of aromatic nitrogens is 2. The minimum absolute atomic E-state index is 0.0719. The van der Waals surface area contributed by atoms with Gasteiger partial charge >= 0.3 is 0 Å². The lowest BCUT2D eigenvalue weighted by Gasteiger charge is -2.26. The highest BCUT2D eigenvalue weighted by atomic mass is 19.1. The first-order chi connectivity index (χ1) is 15.0. The highest BCUT2D eigenvalue weighted by Crippen LogP contribution is 2.29. The van der Waals surface area contributed by atoms with Gasteiger partial charge < -0.3 is 10.0 Å². The molecule has 1 N–H and O–H groups in total. The molecule has 0 aliphatic rings. The average Bonchev–Trinajstić information content (AvgIpc) is 2.76. The number of phenolic OH excluding ortho intramolecular Hbond substituents is 1. The molecular formula is C25H30FN3O2. The molecule has 0 atom stereocenters. The predicted molar refractivity (Wildman–Crippen MR) is 123 cm³/mol. The van der Waals surface area contributed by atoms with Crippen LogP contribution in [0.25, 0.3) is 11.4 Å². The summed E-state index contributed by atoms with van der Waals surface area (Å²) in [4.78, 5) is 20.6. The molecule has 31 heavy (non-hydrogen) atoms. The highest BCUT2D eigenvalue weighted by molar-refractivity contribution is 5.66. The molecule has 3 rings (SSSR count). The van der Waals surface area contributed by atoms with Gasteiger partial charge in [0.25, 0.3) is 5.56 Å². The Bertz CT molecular complexity index is 1090. The van der Waals surface area contributed by atoms with Crippen LogP contribution in [0.1, 0.15) is 38.3 Å². The van der Waals surface area contributed by atoms with E-state index in [9.17, 15) is 14.3 Å². The lowest BCUT2D eigenvalue weighted by molar-refractivity contribution is 0.476. The standard InChI is InChI=1S/C25H30FN3O2/c1-4-15-28(6-3)23-20(5-2)25(31)29(16-14-18-10-9-11-19(26)17-18)24(27-23)21-12-7-8-13-22(21)30/h7-13,17,30H,4-6,14-16H2,1-3H3. The van der Waals surface area contributed by atoms with Crippen LogP contribution in [0.4, 0.5) is 10.2 Å². The maximum Gasteiger partial charge on any atom is 0.259 e. The van der Waals surface area contributed by atoms with Crippen LogP contribution in [0.15, 0.2) is 53.3 Å². The summed E-state index contributed by atoms with van der Waals surface area (Å²) < 4.78 is 15.2. The summed E-state index contributed by atoms with van der Waals surface area (Å²) in [5.74, 6) is 0.882. The van der Waals surface area contributed by atoms with E-state index in [2.05, 4.69) is 11.8 Å². The molecule has 0 saturated heterocycles. The Kier molecular flexibility index (Phi) is 7.45. The summed E-state index contributed by atoms with van der Waals surface area (Å²) in [6.07, 6.45) is 1.98. The first-order valence-corrected chi connectivity index (χ1v) is 10.9. The van der Waals surface area contributed by atoms with Gasteiger partial charge in [-0.1, -0.05) is 38.1 Å². The Hall–Kier alpha value is -3.15. The third-order valence-electron chi connectivity index (χ3n) is 5.43. The van der Waals surface area contributed by atoms with E-state index in [-0.39, 0.29) is 17.1 Å². The fourth-order valence-electron chi connectivity index (χ4n) is 3.85. The van der Waals surface area contributed by atoms with Gasteiger partial charge in [0, 0.05) is 19.6 Å². The van der Waals surface area contributed by atoms with Gasteiger partial charge in [-0.15, -0.1) is 0 Å². The Labute approximate surface area is 182 Å². The van der Waals surface area contributed by atoms with Crippen molar-refractivity contribution >= 4 is 5.82 Å². The molecule has 5 nitrogen and oxygen atoms in total. The van der Waals surface area contributed by atoms with Gasteiger partial charge in [-0.2, -0.15) is 0 Å². The van der Waals surface area contributed by atoms with Crippen molar-refractivity contribution in [1.82, 2.24) is 9.55 Å². The molecule has 0 unspecified atom stereocenters. The van der Waals surface area contributed by atoms with Crippen molar-refractivity contribution in [2.75, 3.05) is 18.0 Å². The topological polar surface area (TPSA) is 58.4 Å². The van der Waals surface area contributed by atoms with Crippen molar-refractivity contribution in [3.05, 3.63) is 75.8 Å². The lowest BCUT2D eigenvalue weighted by Crippen LogP contribution is -2.34. The van der Waals surface area contributed by atoms with E-state index in [0.717, 1.165) is 25.1 Å². The number of para-hydroxylation sites is 1. The molecule has 0 amide bonds.